The van der Waals surface area contributed by atoms with Crippen molar-refractivity contribution in [3.05, 3.63) is 138 Å². The molecular weight excluding hydrogens is 827 g/mol. The minimum atomic E-state index is -4.26. The van der Waals surface area contributed by atoms with Gasteiger partial charge in [-0.1, -0.05) is 109 Å². The summed E-state index contributed by atoms with van der Waals surface area (Å²) >= 11 is 0. The van der Waals surface area contributed by atoms with Crippen LogP contribution >= 0.6 is 0 Å². The van der Waals surface area contributed by atoms with Crippen LogP contribution in [0.2, 0.25) is 0 Å². The molecule has 0 heterocycles. The second-order valence-corrected chi connectivity index (χ2v) is 15.8. The molecule has 0 saturated carbocycles. The maximum absolute atomic E-state index is 13.7. The number of methoxy groups -OCH3 is 5. The molecule has 0 radical (unpaired) electrons. The van der Waals surface area contributed by atoms with Gasteiger partial charge in [0.25, 0.3) is 0 Å². The largest absolute Gasteiger partial charge is 0.395 e. The lowest BCUT2D eigenvalue weighted by molar-refractivity contribution is -0.262. The highest BCUT2D eigenvalue weighted by Crippen LogP contribution is 2.41. The predicted molar refractivity (Wildman–Crippen MR) is 227 cm³/mol. The number of hydrogen-bond acceptors (Lipinski definition) is 15. The topological polar surface area (TPSA) is 188 Å². The van der Waals surface area contributed by atoms with E-state index < -0.39 is 78.5 Å². The number of benzene rings is 4. The summed E-state index contributed by atoms with van der Waals surface area (Å²) in [4.78, 5) is -0.0630. The lowest BCUT2D eigenvalue weighted by atomic mass is 9.80. The zero-order valence-corrected chi connectivity index (χ0v) is 36.9. The number of aryl methyl sites for hydroxylation is 1. The van der Waals surface area contributed by atoms with Gasteiger partial charge in [0.15, 0.2) is 0 Å². The number of aliphatic hydroxyl groups is 2. The molecule has 0 fully saturated rings. The first-order valence-corrected chi connectivity index (χ1v) is 21.3. The van der Waals surface area contributed by atoms with E-state index >= 15 is 0 Å². The molecule has 0 amide bonds. The van der Waals surface area contributed by atoms with Gasteiger partial charge in [-0.3, -0.25) is 0 Å². The quantitative estimate of drug-likeness (QED) is 0.0487. The first kappa shape index (κ1) is 50.9. The zero-order valence-electron chi connectivity index (χ0n) is 36.1. The van der Waals surface area contributed by atoms with E-state index in [0.29, 0.717) is 0 Å². The Balaban J connectivity index is 1.84. The van der Waals surface area contributed by atoms with Crippen molar-refractivity contribution in [3.63, 3.8) is 0 Å². The highest BCUT2D eigenvalue weighted by atomic mass is 32.2. The van der Waals surface area contributed by atoms with Crippen LogP contribution < -0.4 is 4.72 Å². The minimum absolute atomic E-state index is 0.0630. The monoisotopic (exact) mass is 887 g/mol. The normalized spacial score (nSPS) is 15.7. The fourth-order valence-corrected chi connectivity index (χ4v) is 8.20. The van der Waals surface area contributed by atoms with E-state index in [1.807, 2.05) is 97.9 Å². The number of rotatable bonds is 31. The zero-order chi connectivity index (χ0) is 44.8. The number of nitrogens with one attached hydrogen (secondary N) is 1. The Morgan fingerprint density at radius 3 is 1.35 bits per heavy atom. The highest BCUT2D eigenvalue weighted by molar-refractivity contribution is 7.89. The van der Waals surface area contributed by atoms with Gasteiger partial charge in [-0.25, -0.2) is 13.1 Å². The first-order chi connectivity index (χ1) is 30.1. The third-order valence-electron chi connectivity index (χ3n) is 9.84. The molecule has 0 aromatic heterocycles. The molecule has 0 aliphatic carbocycles. The number of hydrogen-bond donors (Lipinski definition) is 3. The lowest BCUT2D eigenvalue weighted by Crippen LogP contribution is -2.61. The Kier molecular flexibility index (Phi) is 22.0. The Labute approximate surface area is 364 Å². The van der Waals surface area contributed by atoms with Crippen molar-refractivity contribution in [2.24, 2.45) is 0 Å². The van der Waals surface area contributed by atoms with Gasteiger partial charge in [0, 0.05) is 35.5 Å². The standard InChI is InChI=1S/C45H61NO15S/c1-33-22-24-37(25-23-33)62(49,50)46-38(26-47)41(57-29-52-3)43(59-31-54-5)40(48)44(60-32-55-6)42(58-30-53-4)39(56-28-51-2)27-61-45(34-16-10-7-11-17-34,35-18-12-8-13-19-35)36-20-14-9-15-21-36/h7-25,38-44,46-48H,26-32H2,1-6H3/t38-,39-,40+,41-,42+,43-,44-/m0/s1. The molecule has 0 unspecified atom stereocenters. The van der Waals surface area contributed by atoms with Gasteiger partial charge in [-0.15, -0.1) is 0 Å². The summed E-state index contributed by atoms with van der Waals surface area (Å²) in [7, 11) is 2.75. The molecule has 0 aliphatic rings. The van der Waals surface area contributed by atoms with Gasteiger partial charge in [0.2, 0.25) is 10.0 Å². The van der Waals surface area contributed by atoms with Crippen molar-refractivity contribution in [2.75, 3.05) is 82.7 Å². The Morgan fingerprint density at radius 2 is 0.935 bits per heavy atom. The average molecular weight is 888 g/mol. The first-order valence-electron chi connectivity index (χ1n) is 19.8. The SMILES string of the molecule is COCO[C@H]([C@@H](OCOC)[C@@H](O)[C@H](OCOC)[C@H](OCOC)[C@H](COC(c1ccccc1)(c1ccccc1)c1ccccc1)OCOC)[C@H](CO)NS(=O)(=O)c1ccc(C)cc1. The van der Waals surface area contributed by atoms with Crippen LogP contribution in [0.15, 0.2) is 120 Å². The van der Waals surface area contributed by atoms with Crippen LogP contribution in [0.5, 0.6) is 0 Å². The molecule has 4 aromatic rings. The molecule has 17 heteroatoms. The average Bonchev–Trinajstić information content (AvgIpc) is 3.30. The van der Waals surface area contributed by atoms with Crippen molar-refractivity contribution >= 4 is 10.0 Å². The van der Waals surface area contributed by atoms with Crippen LogP contribution in [-0.2, 0) is 67.7 Å². The summed E-state index contributed by atoms with van der Waals surface area (Å²) in [5.41, 5.74) is 2.10. The second-order valence-electron chi connectivity index (χ2n) is 14.1. The van der Waals surface area contributed by atoms with Crippen molar-refractivity contribution in [1.29, 1.82) is 0 Å². The highest BCUT2D eigenvalue weighted by Gasteiger charge is 2.48. The van der Waals surface area contributed by atoms with Gasteiger partial charge >= 0.3 is 0 Å². The lowest BCUT2D eigenvalue weighted by Gasteiger charge is -2.42. The molecule has 62 heavy (non-hydrogen) atoms. The molecule has 7 atom stereocenters. The molecule has 0 bridgehead atoms. The Hall–Kier alpha value is -3.73. The summed E-state index contributed by atoms with van der Waals surface area (Å²) in [5.74, 6) is 0. The third kappa shape index (κ3) is 13.9. The molecule has 4 rings (SSSR count). The van der Waals surface area contributed by atoms with Crippen LogP contribution in [0.25, 0.3) is 0 Å². The maximum atomic E-state index is 13.7. The molecule has 0 saturated heterocycles. The van der Waals surface area contributed by atoms with E-state index in [1.54, 1.807) is 12.1 Å². The molecule has 342 valence electrons. The van der Waals surface area contributed by atoms with Crippen molar-refractivity contribution in [1.82, 2.24) is 4.72 Å². The second kappa shape index (κ2) is 26.8. The molecule has 0 spiro atoms. The van der Waals surface area contributed by atoms with Crippen molar-refractivity contribution in [2.45, 2.75) is 60.1 Å². The van der Waals surface area contributed by atoms with Gasteiger partial charge in [0.05, 0.1) is 24.2 Å². The van der Waals surface area contributed by atoms with Gasteiger partial charge < -0.3 is 62.3 Å². The summed E-state index contributed by atoms with van der Waals surface area (Å²) in [5, 5.41) is 23.4. The van der Waals surface area contributed by atoms with Crippen LogP contribution in [0.3, 0.4) is 0 Å². The fraction of sp³-hybridized carbons (Fsp3) is 0.467. The summed E-state index contributed by atoms with van der Waals surface area (Å²) in [6.45, 7) is -0.867. The van der Waals surface area contributed by atoms with Gasteiger partial charge in [-0.05, 0) is 35.7 Å². The minimum Gasteiger partial charge on any atom is -0.395 e. The van der Waals surface area contributed by atoms with Gasteiger partial charge in [0.1, 0.15) is 76.2 Å². The van der Waals surface area contributed by atoms with Crippen molar-refractivity contribution in [3.8, 4) is 0 Å². The molecule has 0 aliphatic heterocycles. The van der Waals surface area contributed by atoms with Crippen LogP contribution in [-0.4, -0.2) is 144 Å². The summed E-state index contributed by atoms with van der Waals surface area (Å²) < 4.78 is 94.7. The molecule has 3 N–H and O–H groups in total. The summed E-state index contributed by atoms with van der Waals surface area (Å²) in [6, 6.07) is 33.9. The fourth-order valence-electron chi connectivity index (χ4n) is 6.96. The number of aliphatic hydroxyl groups excluding tert-OH is 2. The molecule has 4 aromatic carbocycles. The molecular formula is C45H61NO15S. The third-order valence-corrected chi connectivity index (χ3v) is 11.3. The van der Waals surface area contributed by atoms with E-state index in [4.69, 9.17) is 52.1 Å². The number of sulfonamides is 1. The Morgan fingerprint density at radius 1 is 0.548 bits per heavy atom. The van der Waals surface area contributed by atoms with E-state index in [1.165, 1.54) is 47.7 Å². The van der Waals surface area contributed by atoms with Crippen LogP contribution in [0.4, 0.5) is 0 Å². The van der Waals surface area contributed by atoms with Crippen molar-refractivity contribution < 1.29 is 70.7 Å². The predicted octanol–water partition coefficient (Wildman–Crippen LogP) is 3.95. The van der Waals surface area contributed by atoms with E-state index in [9.17, 15) is 18.6 Å². The molecule has 16 nitrogen and oxygen atoms in total. The van der Waals surface area contributed by atoms with Crippen LogP contribution in [0.1, 0.15) is 22.3 Å². The summed E-state index contributed by atoms with van der Waals surface area (Å²) in [6.07, 6.45) is -8.51. The van der Waals surface area contributed by atoms with Crippen LogP contribution in [0, 0.1) is 6.92 Å². The number of ether oxygens (including phenoxy) is 11. The smallest absolute Gasteiger partial charge is 0.240 e. The van der Waals surface area contributed by atoms with E-state index in [-0.39, 0.29) is 31.9 Å². The Bertz CT molecular complexity index is 1800. The maximum Gasteiger partial charge on any atom is 0.240 e. The van der Waals surface area contributed by atoms with Gasteiger partial charge in [-0.2, -0.15) is 0 Å². The van der Waals surface area contributed by atoms with E-state index in [2.05, 4.69) is 4.72 Å². The van der Waals surface area contributed by atoms with E-state index in [0.717, 1.165) is 22.3 Å².